The van der Waals surface area contributed by atoms with Crippen LogP contribution in [0.25, 0.3) is 11.4 Å². The Morgan fingerprint density at radius 3 is 2.76 bits per heavy atom. The zero-order valence-electron chi connectivity index (χ0n) is 11.7. The fourth-order valence-electron chi connectivity index (χ4n) is 1.81. The Morgan fingerprint density at radius 1 is 1.38 bits per heavy atom. The largest absolute Gasteiger partial charge is 0.493 e. The van der Waals surface area contributed by atoms with Crippen molar-refractivity contribution in [3.63, 3.8) is 0 Å². The summed E-state index contributed by atoms with van der Waals surface area (Å²) in [7, 11) is 3.01. The van der Waals surface area contributed by atoms with E-state index in [1.165, 1.54) is 14.2 Å². The zero-order valence-corrected chi connectivity index (χ0v) is 12.4. The van der Waals surface area contributed by atoms with Crippen molar-refractivity contribution < 1.29 is 19.1 Å². The molecule has 0 radical (unpaired) electrons. The molecule has 0 fully saturated rings. The van der Waals surface area contributed by atoms with Crippen molar-refractivity contribution >= 4 is 11.6 Å². The lowest BCUT2D eigenvalue weighted by Gasteiger charge is -2.10. The molecule has 0 aliphatic rings. The molecule has 114 valence electrons. The molecule has 2 aromatic rings. The number of aromatic nitrogens is 2. The van der Waals surface area contributed by atoms with Crippen molar-refractivity contribution in [3.05, 3.63) is 23.0 Å². The highest BCUT2D eigenvalue weighted by Crippen LogP contribution is 2.38. The third kappa shape index (κ3) is 3.26. The number of aliphatic hydroxyl groups is 1. The molecule has 0 amide bonds. The molecule has 1 unspecified atom stereocenters. The van der Waals surface area contributed by atoms with Gasteiger partial charge in [-0.25, -0.2) is 0 Å². The van der Waals surface area contributed by atoms with E-state index in [9.17, 15) is 0 Å². The van der Waals surface area contributed by atoms with E-state index in [0.717, 1.165) is 0 Å². The number of hydrogen-bond donors (Lipinski definition) is 2. The first-order valence-corrected chi connectivity index (χ1v) is 6.60. The van der Waals surface area contributed by atoms with Crippen molar-refractivity contribution in [1.82, 2.24) is 10.1 Å². The predicted octanol–water partition coefficient (Wildman–Crippen LogP) is 1.79. The summed E-state index contributed by atoms with van der Waals surface area (Å²) in [6.45, 7) is -0.0545. The monoisotopic (exact) mass is 313 g/mol. The molecule has 3 N–H and O–H groups in total. The molecule has 0 saturated heterocycles. The van der Waals surface area contributed by atoms with E-state index in [1.807, 2.05) is 0 Å². The first kappa shape index (κ1) is 15.6. The van der Waals surface area contributed by atoms with Crippen LogP contribution < -0.4 is 15.2 Å². The lowest BCUT2D eigenvalue weighted by atomic mass is 10.2. The number of benzene rings is 1. The van der Waals surface area contributed by atoms with Crippen molar-refractivity contribution in [2.24, 2.45) is 5.73 Å². The highest BCUT2D eigenvalue weighted by Gasteiger charge is 2.18. The quantitative estimate of drug-likeness (QED) is 0.837. The van der Waals surface area contributed by atoms with Gasteiger partial charge in [-0.05, 0) is 18.6 Å². The van der Waals surface area contributed by atoms with Gasteiger partial charge in [0.1, 0.15) is 0 Å². The van der Waals surface area contributed by atoms with Gasteiger partial charge in [-0.3, -0.25) is 0 Å². The minimum absolute atomic E-state index is 0.0545. The maximum atomic E-state index is 8.87. The summed E-state index contributed by atoms with van der Waals surface area (Å²) in [6, 6.07) is 2.83. The van der Waals surface area contributed by atoms with Gasteiger partial charge >= 0.3 is 0 Å². The van der Waals surface area contributed by atoms with Crippen LogP contribution in [0.1, 0.15) is 18.4 Å². The number of halogens is 1. The average molecular weight is 314 g/mol. The van der Waals surface area contributed by atoms with Crippen LogP contribution in [0.4, 0.5) is 0 Å². The summed E-state index contributed by atoms with van der Waals surface area (Å²) < 4.78 is 15.5. The van der Waals surface area contributed by atoms with Crippen LogP contribution in [0, 0.1) is 0 Å². The van der Waals surface area contributed by atoms with E-state index in [4.69, 9.17) is 36.4 Å². The summed E-state index contributed by atoms with van der Waals surface area (Å²) in [4.78, 5) is 4.20. The van der Waals surface area contributed by atoms with Gasteiger partial charge in [0, 0.05) is 12.2 Å². The molecule has 21 heavy (non-hydrogen) atoms. The second kappa shape index (κ2) is 6.75. The van der Waals surface area contributed by atoms with E-state index in [0.29, 0.717) is 34.3 Å². The summed E-state index contributed by atoms with van der Waals surface area (Å²) in [5.41, 5.74) is 6.42. The average Bonchev–Trinajstić information content (AvgIpc) is 2.96. The van der Waals surface area contributed by atoms with E-state index in [1.54, 1.807) is 12.1 Å². The lowest BCUT2D eigenvalue weighted by Crippen LogP contribution is -2.12. The second-order valence-corrected chi connectivity index (χ2v) is 4.68. The molecule has 0 aliphatic carbocycles. The van der Waals surface area contributed by atoms with Crippen LogP contribution in [-0.4, -0.2) is 36.1 Å². The molecule has 0 bridgehead atoms. The molecule has 0 saturated carbocycles. The third-order valence-corrected chi connectivity index (χ3v) is 3.17. The number of aliphatic hydroxyl groups excluding tert-OH is 1. The fraction of sp³-hybridized carbons (Fsp3) is 0.385. The van der Waals surface area contributed by atoms with Gasteiger partial charge in [-0.1, -0.05) is 16.8 Å². The molecule has 1 heterocycles. The van der Waals surface area contributed by atoms with Gasteiger partial charge < -0.3 is 24.8 Å². The standard InChI is InChI=1S/C13H16ClN3O4/c1-19-10-6-7(5-8(14)11(10)20-2)12-16-13(21-17-12)9(15)3-4-18/h5-6,9,18H,3-4,15H2,1-2H3. The van der Waals surface area contributed by atoms with Crippen LogP contribution in [0.2, 0.25) is 5.02 Å². The minimum Gasteiger partial charge on any atom is -0.493 e. The first-order valence-electron chi connectivity index (χ1n) is 6.22. The molecule has 1 atom stereocenters. The number of nitrogens with zero attached hydrogens (tertiary/aromatic N) is 2. The lowest BCUT2D eigenvalue weighted by molar-refractivity contribution is 0.259. The normalized spacial score (nSPS) is 12.2. The Bertz CT molecular complexity index is 617. The molecule has 2 rings (SSSR count). The number of ether oxygens (including phenoxy) is 2. The highest BCUT2D eigenvalue weighted by atomic mass is 35.5. The van der Waals surface area contributed by atoms with Gasteiger partial charge in [0.05, 0.1) is 25.3 Å². The fourth-order valence-corrected chi connectivity index (χ4v) is 2.10. The molecule has 0 aliphatic heterocycles. The molecule has 1 aromatic heterocycles. The van der Waals surface area contributed by atoms with E-state index < -0.39 is 6.04 Å². The van der Waals surface area contributed by atoms with Gasteiger partial charge in [0.25, 0.3) is 0 Å². The van der Waals surface area contributed by atoms with Crippen LogP contribution in [0.5, 0.6) is 11.5 Å². The number of rotatable bonds is 6. The smallest absolute Gasteiger partial charge is 0.243 e. The Morgan fingerprint density at radius 2 is 2.14 bits per heavy atom. The third-order valence-electron chi connectivity index (χ3n) is 2.89. The van der Waals surface area contributed by atoms with Crippen molar-refractivity contribution in [3.8, 4) is 22.9 Å². The minimum atomic E-state index is -0.508. The summed E-state index contributed by atoms with van der Waals surface area (Å²) in [6.07, 6.45) is 0.342. The van der Waals surface area contributed by atoms with E-state index >= 15 is 0 Å². The number of methoxy groups -OCH3 is 2. The Balaban J connectivity index is 2.36. The van der Waals surface area contributed by atoms with Crippen LogP contribution in [-0.2, 0) is 0 Å². The van der Waals surface area contributed by atoms with Crippen molar-refractivity contribution in [2.75, 3.05) is 20.8 Å². The number of hydrogen-bond acceptors (Lipinski definition) is 7. The summed E-state index contributed by atoms with van der Waals surface area (Å²) in [5.74, 6) is 1.49. The SMILES string of the molecule is COc1cc(-c2noc(C(N)CCO)n2)cc(Cl)c1OC. The van der Waals surface area contributed by atoms with E-state index in [2.05, 4.69) is 10.1 Å². The molecule has 1 aromatic carbocycles. The molecular formula is C13H16ClN3O4. The summed E-state index contributed by atoms with van der Waals surface area (Å²) >= 11 is 6.13. The Hall–Kier alpha value is -1.83. The number of nitrogens with two attached hydrogens (primary N) is 1. The summed E-state index contributed by atoms with van der Waals surface area (Å²) in [5, 5.41) is 13.1. The predicted molar refractivity (Wildman–Crippen MR) is 76.5 cm³/mol. The van der Waals surface area contributed by atoms with Crippen molar-refractivity contribution in [1.29, 1.82) is 0 Å². The van der Waals surface area contributed by atoms with Crippen molar-refractivity contribution in [2.45, 2.75) is 12.5 Å². The van der Waals surface area contributed by atoms with E-state index in [-0.39, 0.29) is 12.5 Å². The van der Waals surface area contributed by atoms with Gasteiger partial charge in [0.2, 0.25) is 11.7 Å². The molecular weight excluding hydrogens is 298 g/mol. The topological polar surface area (TPSA) is 104 Å². The zero-order chi connectivity index (χ0) is 15.4. The maximum absolute atomic E-state index is 8.87. The Labute approximate surface area is 126 Å². The van der Waals surface area contributed by atoms with Gasteiger partial charge in [0.15, 0.2) is 11.5 Å². The van der Waals surface area contributed by atoms with Gasteiger partial charge in [-0.15, -0.1) is 0 Å². The maximum Gasteiger partial charge on any atom is 0.243 e. The molecule has 8 heteroatoms. The van der Waals surface area contributed by atoms with Crippen LogP contribution in [0.3, 0.4) is 0 Å². The second-order valence-electron chi connectivity index (χ2n) is 4.27. The highest BCUT2D eigenvalue weighted by molar-refractivity contribution is 6.32. The van der Waals surface area contributed by atoms with Crippen LogP contribution in [0.15, 0.2) is 16.7 Å². The van der Waals surface area contributed by atoms with Gasteiger partial charge in [-0.2, -0.15) is 4.98 Å². The molecule has 7 nitrogen and oxygen atoms in total. The first-order chi connectivity index (χ1) is 10.1. The van der Waals surface area contributed by atoms with Crippen LogP contribution >= 0.6 is 11.6 Å². The molecule has 0 spiro atoms. The Kier molecular flexibility index (Phi) is 5.00.